The van der Waals surface area contributed by atoms with E-state index in [1.54, 1.807) is 24.3 Å². The van der Waals surface area contributed by atoms with Crippen molar-refractivity contribution in [2.45, 2.75) is 13.8 Å². The van der Waals surface area contributed by atoms with Gasteiger partial charge in [0.1, 0.15) is 11.6 Å². The standard InChI is InChI=1S/C27H24BrN3O4/c1-17-8-10-21(11-9-17)30-25(32)16-35-26-22(28)13-19(14-24(26)34-3)12-20(15-29)27(33)31-23-7-5-4-6-18(23)2/h4-14H,16H2,1-3H3,(H,30,32)(H,31,33)/b20-12+. The predicted molar refractivity (Wildman–Crippen MR) is 139 cm³/mol. The van der Waals surface area contributed by atoms with Crippen LogP contribution in [0.1, 0.15) is 16.7 Å². The highest BCUT2D eigenvalue weighted by Crippen LogP contribution is 2.37. The molecule has 7 nitrogen and oxygen atoms in total. The largest absolute Gasteiger partial charge is 0.493 e. The summed E-state index contributed by atoms with van der Waals surface area (Å²) >= 11 is 3.43. The highest BCUT2D eigenvalue weighted by atomic mass is 79.9. The Hall–Kier alpha value is -4.09. The normalized spacial score (nSPS) is 10.8. The van der Waals surface area contributed by atoms with Gasteiger partial charge in [-0.05, 0) is 77.3 Å². The summed E-state index contributed by atoms with van der Waals surface area (Å²) in [5.74, 6) is -0.187. The Morgan fingerprint density at radius 1 is 1.06 bits per heavy atom. The molecule has 0 aliphatic rings. The molecular weight excluding hydrogens is 510 g/mol. The molecule has 0 bridgehead atoms. The fraction of sp³-hybridized carbons (Fsp3) is 0.148. The fourth-order valence-corrected chi connectivity index (χ4v) is 3.73. The maximum absolute atomic E-state index is 12.6. The summed E-state index contributed by atoms with van der Waals surface area (Å²) in [5, 5.41) is 15.1. The van der Waals surface area contributed by atoms with Crippen LogP contribution in [0.3, 0.4) is 0 Å². The average molecular weight is 534 g/mol. The lowest BCUT2D eigenvalue weighted by Gasteiger charge is -2.14. The first-order chi connectivity index (χ1) is 16.8. The summed E-state index contributed by atoms with van der Waals surface area (Å²) in [6, 6.07) is 20.0. The number of carbonyl (C=O) groups is 2. The fourth-order valence-electron chi connectivity index (χ4n) is 3.15. The first-order valence-electron chi connectivity index (χ1n) is 10.7. The number of hydrogen-bond acceptors (Lipinski definition) is 5. The molecule has 0 spiro atoms. The lowest BCUT2D eigenvalue weighted by Crippen LogP contribution is -2.20. The third kappa shape index (κ3) is 6.95. The van der Waals surface area contributed by atoms with Gasteiger partial charge in [0.15, 0.2) is 18.1 Å². The second-order valence-electron chi connectivity index (χ2n) is 7.68. The van der Waals surface area contributed by atoms with Crippen LogP contribution in [0.5, 0.6) is 11.5 Å². The second kappa shape index (κ2) is 11.9. The number of para-hydroxylation sites is 1. The number of hydrogen-bond donors (Lipinski definition) is 2. The van der Waals surface area contributed by atoms with Crippen molar-refractivity contribution in [1.82, 2.24) is 0 Å². The predicted octanol–water partition coefficient (Wildman–Crippen LogP) is 5.64. The number of methoxy groups -OCH3 is 1. The molecule has 0 atom stereocenters. The number of aryl methyl sites for hydroxylation is 2. The molecule has 0 radical (unpaired) electrons. The number of nitrogens with one attached hydrogen (secondary N) is 2. The highest BCUT2D eigenvalue weighted by molar-refractivity contribution is 9.10. The summed E-state index contributed by atoms with van der Waals surface area (Å²) in [6.45, 7) is 3.60. The van der Waals surface area contributed by atoms with E-state index >= 15 is 0 Å². The molecule has 0 aliphatic carbocycles. The van der Waals surface area contributed by atoms with Crippen molar-refractivity contribution >= 4 is 45.2 Å². The van der Waals surface area contributed by atoms with E-state index in [4.69, 9.17) is 9.47 Å². The van der Waals surface area contributed by atoms with Crippen LogP contribution in [0.25, 0.3) is 6.08 Å². The maximum atomic E-state index is 12.6. The molecule has 3 aromatic carbocycles. The molecule has 0 unspecified atom stereocenters. The number of nitriles is 1. The molecule has 3 aromatic rings. The molecule has 0 aromatic heterocycles. The van der Waals surface area contributed by atoms with E-state index in [0.717, 1.165) is 11.1 Å². The summed E-state index contributed by atoms with van der Waals surface area (Å²) in [5.41, 5.74) is 3.74. The van der Waals surface area contributed by atoms with Gasteiger partial charge in [0, 0.05) is 11.4 Å². The van der Waals surface area contributed by atoms with Gasteiger partial charge in [-0.25, -0.2) is 0 Å². The minimum atomic E-state index is -0.523. The lowest BCUT2D eigenvalue weighted by molar-refractivity contribution is -0.118. The van der Waals surface area contributed by atoms with Crippen LogP contribution >= 0.6 is 15.9 Å². The van der Waals surface area contributed by atoms with Gasteiger partial charge >= 0.3 is 0 Å². The smallest absolute Gasteiger partial charge is 0.266 e. The molecule has 35 heavy (non-hydrogen) atoms. The van der Waals surface area contributed by atoms with Gasteiger partial charge in [0.2, 0.25) is 0 Å². The summed E-state index contributed by atoms with van der Waals surface area (Å²) in [6.07, 6.45) is 1.45. The monoisotopic (exact) mass is 533 g/mol. The molecule has 0 fully saturated rings. The Balaban J connectivity index is 1.74. The van der Waals surface area contributed by atoms with Gasteiger partial charge in [-0.1, -0.05) is 35.9 Å². The Morgan fingerprint density at radius 2 is 1.77 bits per heavy atom. The van der Waals surface area contributed by atoms with Crippen LogP contribution in [0, 0.1) is 25.2 Å². The molecule has 2 amide bonds. The Bertz CT molecular complexity index is 1310. The number of nitrogens with zero attached hydrogens (tertiary/aromatic N) is 1. The van der Waals surface area contributed by atoms with Gasteiger partial charge < -0.3 is 20.1 Å². The second-order valence-corrected chi connectivity index (χ2v) is 8.53. The van der Waals surface area contributed by atoms with Crippen molar-refractivity contribution in [2.24, 2.45) is 0 Å². The molecule has 178 valence electrons. The van der Waals surface area contributed by atoms with E-state index in [0.29, 0.717) is 32.9 Å². The molecule has 0 aliphatic heterocycles. The van der Waals surface area contributed by atoms with Crippen LogP contribution in [0.2, 0.25) is 0 Å². The van der Waals surface area contributed by atoms with Crippen LogP contribution in [-0.4, -0.2) is 25.5 Å². The minimum Gasteiger partial charge on any atom is -0.493 e. The van der Waals surface area contributed by atoms with E-state index in [1.807, 2.05) is 56.3 Å². The topological polar surface area (TPSA) is 100 Å². The SMILES string of the molecule is COc1cc(/C=C(\C#N)C(=O)Nc2ccccc2C)cc(Br)c1OCC(=O)Nc1ccc(C)cc1. The molecular formula is C27H24BrN3O4. The lowest BCUT2D eigenvalue weighted by atomic mass is 10.1. The Labute approximate surface area is 212 Å². The van der Waals surface area contributed by atoms with E-state index in [2.05, 4.69) is 26.6 Å². The van der Waals surface area contributed by atoms with Crippen molar-refractivity contribution in [2.75, 3.05) is 24.4 Å². The zero-order chi connectivity index (χ0) is 25.4. The van der Waals surface area contributed by atoms with Crippen molar-refractivity contribution < 1.29 is 19.1 Å². The zero-order valence-corrected chi connectivity index (χ0v) is 21.1. The van der Waals surface area contributed by atoms with Gasteiger partial charge in [0.25, 0.3) is 11.8 Å². The highest BCUT2D eigenvalue weighted by Gasteiger charge is 2.16. The average Bonchev–Trinajstić information content (AvgIpc) is 2.84. The number of benzene rings is 3. The van der Waals surface area contributed by atoms with Crippen LogP contribution < -0.4 is 20.1 Å². The van der Waals surface area contributed by atoms with E-state index in [-0.39, 0.29) is 18.1 Å². The first kappa shape index (κ1) is 25.5. The van der Waals surface area contributed by atoms with Crippen molar-refractivity contribution in [3.63, 3.8) is 0 Å². The van der Waals surface area contributed by atoms with E-state index in [1.165, 1.54) is 13.2 Å². The maximum Gasteiger partial charge on any atom is 0.266 e. The minimum absolute atomic E-state index is 0.0756. The van der Waals surface area contributed by atoms with Crippen molar-refractivity contribution in [3.05, 3.63) is 87.4 Å². The zero-order valence-electron chi connectivity index (χ0n) is 19.5. The van der Waals surface area contributed by atoms with E-state index < -0.39 is 5.91 Å². The summed E-state index contributed by atoms with van der Waals surface area (Å²) < 4.78 is 11.6. The van der Waals surface area contributed by atoms with Gasteiger partial charge in [-0.15, -0.1) is 0 Å². The van der Waals surface area contributed by atoms with Crippen LogP contribution in [0.4, 0.5) is 11.4 Å². The molecule has 0 saturated carbocycles. The molecule has 0 saturated heterocycles. The molecule has 2 N–H and O–H groups in total. The first-order valence-corrected chi connectivity index (χ1v) is 11.5. The van der Waals surface area contributed by atoms with Crippen molar-refractivity contribution in [3.8, 4) is 17.6 Å². The number of carbonyl (C=O) groups excluding carboxylic acids is 2. The molecule has 0 heterocycles. The number of ether oxygens (including phenoxy) is 2. The summed E-state index contributed by atoms with van der Waals surface area (Å²) in [4.78, 5) is 24.9. The Morgan fingerprint density at radius 3 is 2.43 bits per heavy atom. The van der Waals surface area contributed by atoms with Crippen LogP contribution in [-0.2, 0) is 9.59 Å². The van der Waals surface area contributed by atoms with Gasteiger partial charge in [-0.3, -0.25) is 9.59 Å². The molecule has 3 rings (SSSR count). The molecule has 8 heteroatoms. The van der Waals surface area contributed by atoms with Gasteiger partial charge in [-0.2, -0.15) is 5.26 Å². The number of rotatable bonds is 8. The summed E-state index contributed by atoms with van der Waals surface area (Å²) in [7, 11) is 1.46. The third-order valence-corrected chi connectivity index (χ3v) is 5.59. The number of halogens is 1. The number of anilines is 2. The van der Waals surface area contributed by atoms with Crippen molar-refractivity contribution in [1.29, 1.82) is 5.26 Å². The Kier molecular flexibility index (Phi) is 8.65. The third-order valence-electron chi connectivity index (χ3n) is 5.00. The van der Waals surface area contributed by atoms with Crippen LogP contribution in [0.15, 0.2) is 70.7 Å². The van der Waals surface area contributed by atoms with Gasteiger partial charge in [0.05, 0.1) is 11.6 Å². The quantitative estimate of drug-likeness (QED) is 0.288. The van der Waals surface area contributed by atoms with E-state index in [9.17, 15) is 14.9 Å². The number of amides is 2.